The molecule has 0 spiro atoms. The van der Waals surface area contributed by atoms with Crippen molar-refractivity contribution in [3.05, 3.63) is 36.5 Å². The Morgan fingerprint density at radius 3 is 2.88 bits per heavy atom. The summed E-state index contributed by atoms with van der Waals surface area (Å²) >= 11 is 0. The third-order valence-electron chi connectivity index (χ3n) is 2.72. The molecule has 3 heteroatoms. The van der Waals surface area contributed by atoms with Crippen molar-refractivity contribution in [2.24, 2.45) is 0 Å². The molecule has 2 aromatic rings. The number of para-hydroxylation sites is 1. The summed E-state index contributed by atoms with van der Waals surface area (Å²) in [4.78, 5) is 4.30. The molecule has 2 rings (SSSR count). The standard InChI is InChI=1S/C13H16N2O/c1-2-10(9-16)15-13-7-8-14-12-6-4-3-5-11(12)13/h3-8,10,16H,2,9H2,1H3,(H,14,15). The first-order chi connectivity index (χ1) is 7.85. The highest BCUT2D eigenvalue weighted by molar-refractivity contribution is 5.90. The zero-order valence-corrected chi connectivity index (χ0v) is 9.35. The molecule has 2 N–H and O–H groups in total. The molecule has 0 aliphatic rings. The highest BCUT2D eigenvalue weighted by Gasteiger charge is 2.06. The maximum absolute atomic E-state index is 9.18. The van der Waals surface area contributed by atoms with Gasteiger partial charge in [0.05, 0.1) is 12.1 Å². The van der Waals surface area contributed by atoms with E-state index < -0.39 is 0 Å². The number of aliphatic hydroxyl groups excluding tert-OH is 1. The largest absolute Gasteiger partial charge is 0.394 e. The van der Waals surface area contributed by atoms with Crippen LogP contribution < -0.4 is 5.32 Å². The van der Waals surface area contributed by atoms with Crippen LogP contribution in [0.3, 0.4) is 0 Å². The first-order valence-electron chi connectivity index (χ1n) is 5.56. The number of pyridine rings is 1. The lowest BCUT2D eigenvalue weighted by atomic mass is 10.1. The number of hydrogen-bond donors (Lipinski definition) is 2. The monoisotopic (exact) mass is 216 g/mol. The number of hydrogen-bond acceptors (Lipinski definition) is 3. The Balaban J connectivity index is 2.36. The van der Waals surface area contributed by atoms with Crippen LogP contribution in [0.15, 0.2) is 36.5 Å². The van der Waals surface area contributed by atoms with E-state index in [2.05, 4.69) is 17.2 Å². The van der Waals surface area contributed by atoms with Crippen LogP contribution in [0, 0.1) is 0 Å². The fourth-order valence-electron chi connectivity index (χ4n) is 1.72. The van der Waals surface area contributed by atoms with Gasteiger partial charge in [-0.1, -0.05) is 25.1 Å². The highest BCUT2D eigenvalue weighted by atomic mass is 16.3. The molecule has 0 aliphatic carbocycles. The van der Waals surface area contributed by atoms with E-state index in [1.807, 2.05) is 30.3 Å². The minimum Gasteiger partial charge on any atom is -0.394 e. The van der Waals surface area contributed by atoms with Crippen LogP contribution in [0.4, 0.5) is 5.69 Å². The molecule has 1 atom stereocenters. The zero-order valence-electron chi connectivity index (χ0n) is 9.35. The summed E-state index contributed by atoms with van der Waals surface area (Å²) in [5.74, 6) is 0. The number of fused-ring (bicyclic) bond motifs is 1. The first kappa shape index (κ1) is 10.9. The van der Waals surface area contributed by atoms with Crippen molar-refractivity contribution in [1.82, 2.24) is 4.98 Å². The Labute approximate surface area is 95.1 Å². The van der Waals surface area contributed by atoms with Crippen molar-refractivity contribution >= 4 is 16.6 Å². The van der Waals surface area contributed by atoms with Gasteiger partial charge in [-0.3, -0.25) is 4.98 Å². The van der Waals surface area contributed by atoms with Gasteiger partial charge >= 0.3 is 0 Å². The van der Waals surface area contributed by atoms with Crippen LogP contribution in [0.1, 0.15) is 13.3 Å². The predicted molar refractivity (Wildman–Crippen MR) is 66.5 cm³/mol. The van der Waals surface area contributed by atoms with Crippen molar-refractivity contribution in [3.8, 4) is 0 Å². The summed E-state index contributed by atoms with van der Waals surface area (Å²) < 4.78 is 0. The second-order valence-electron chi connectivity index (χ2n) is 3.81. The summed E-state index contributed by atoms with van der Waals surface area (Å²) in [6.07, 6.45) is 2.68. The predicted octanol–water partition coefficient (Wildman–Crippen LogP) is 2.42. The maximum Gasteiger partial charge on any atom is 0.0722 e. The molecule has 0 bridgehead atoms. The minimum atomic E-state index is 0.103. The fourth-order valence-corrected chi connectivity index (χ4v) is 1.72. The number of rotatable bonds is 4. The van der Waals surface area contributed by atoms with Gasteiger partial charge in [0.1, 0.15) is 0 Å². The van der Waals surface area contributed by atoms with Gasteiger partial charge in [0, 0.05) is 23.3 Å². The number of anilines is 1. The van der Waals surface area contributed by atoms with Gasteiger partial charge in [-0.15, -0.1) is 0 Å². The van der Waals surface area contributed by atoms with Gasteiger partial charge in [0.25, 0.3) is 0 Å². The van der Waals surface area contributed by atoms with E-state index in [9.17, 15) is 5.11 Å². The molecule has 0 saturated carbocycles. The molecule has 1 unspecified atom stereocenters. The number of benzene rings is 1. The highest BCUT2D eigenvalue weighted by Crippen LogP contribution is 2.21. The van der Waals surface area contributed by atoms with Gasteiger partial charge in [0.15, 0.2) is 0 Å². The van der Waals surface area contributed by atoms with Gasteiger partial charge in [0.2, 0.25) is 0 Å². The minimum absolute atomic E-state index is 0.103. The van der Waals surface area contributed by atoms with Crippen LogP contribution >= 0.6 is 0 Å². The van der Waals surface area contributed by atoms with Crippen LogP contribution in [0.25, 0.3) is 10.9 Å². The summed E-state index contributed by atoms with van der Waals surface area (Å²) in [6, 6.07) is 10.0. The lowest BCUT2D eigenvalue weighted by Gasteiger charge is -2.16. The van der Waals surface area contributed by atoms with E-state index in [-0.39, 0.29) is 12.6 Å². The van der Waals surface area contributed by atoms with Crippen molar-refractivity contribution in [2.45, 2.75) is 19.4 Å². The lowest BCUT2D eigenvalue weighted by molar-refractivity contribution is 0.272. The normalized spacial score (nSPS) is 12.6. The molecule has 3 nitrogen and oxygen atoms in total. The Bertz CT molecular complexity index is 461. The Morgan fingerprint density at radius 1 is 1.31 bits per heavy atom. The molecule has 16 heavy (non-hydrogen) atoms. The summed E-state index contributed by atoms with van der Waals surface area (Å²) in [5, 5.41) is 13.6. The number of nitrogens with zero attached hydrogens (tertiary/aromatic N) is 1. The van der Waals surface area contributed by atoms with Crippen molar-refractivity contribution in [1.29, 1.82) is 0 Å². The number of aliphatic hydroxyl groups is 1. The van der Waals surface area contributed by atoms with Crippen molar-refractivity contribution in [2.75, 3.05) is 11.9 Å². The number of nitrogens with one attached hydrogen (secondary N) is 1. The van der Waals surface area contributed by atoms with E-state index in [1.165, 1.54) is 0 Å². The third-order valence-corrected chi connectivity index (χ3v) is 2.72. The second kappa shape index (κ2) is 4.94. The van der Waals surface area contributed by atoms with E-state index in [1.54, 1.807) is 6.20 Å². The molecule has 1 aromatic heterocycles. The third kappa shape index (κ3) is 2.14. The summed E-state index contributed by atoms with van der Waals surface area (Å²) in [7, 11) is 0. The van der Waals surface area contributed by atoms with E-state index in [4.69, 9.17) is 0 Å². The first-order valence-corrected chi connectivity index (χ1v) is 5.56. The quantitative estimate of drug-likeness (QED) is 0.825. The average Bonchev–Trinajstić information content (AvgIpc) is 2.36. The smallest absolute Gasteiger partial charge is 0.0722 e. The van der Waals surface area contributed by atoms with E-state index in [0.717, 1.165) is 23.0 Å². The summed E-state index contributed by atoms with van der Waals surface area (Å²) in [5.41, 5.74) is 2.01. The SMILES string of the molecule is CCC(CO)Nc1ccnc2ccccc12. The molecule has 0 amide bonds. The molecule has 1 aromatic carbocycles. The topological polar surface area (TPSA) is 45.1 Å². The summed E-state index contributed by atoms with van der Waals surface area (Å²) in [6.45, 7) is 2.20. The molecule has 0 fully saturated rings. The van der Waals surface area contributed by atoms with Gasteiger partial charge in [-0.2, -0.15) is 0 Å². The van der Waals surface area contributed by atoms with Gasteiger partial charge in [-0.05, 0) is 18.6 Å². The molecular formula is C13H16N2O. The van der Waals surface area contributed by atoms with E-state index >= 15 is 0 Å². The van der Waals surface area contributed by atoms with E-state index in [0.29, 0.717) is 0 Å². The lowest BCUT2D eigenvalue weighted by Crippen LogP contribution is -2.22. The molecule has 84 valence electrons. The molecule has 0 radical (unpaired) electrons. The van der Waals surface area contributed by atoms with Crippen LogP contribution in [0.5, 0.6) is 0 Å². The Hall–Kier alpha value is -1.61. The molecule has 1 heterocycles. The number of aromatic nitrogens is 1. The maximum atomic E-state index is 9.18. The Kier molecular flexibility index (Phi) is 3.37. The van der Waals surface area contributed by atoms with Gasteiger partial charge < -0.3 is 10.4 Å². The molecule has 0 saturated heterocycles. The fraction of sp³-hybridized carbons (Fsp3) is 0.308. The average molecular weight is 216 g/mol. The Morgan fingerprint density at radius 2 is 2.12 bits per heavy atom. The zero-order chi connectivity index (χ0) is 11.4. The second-order valence-corrected chi connectivity index (χ2v) is 3.81. The molecule has 0 aliphatic heterocycles. The van der Waals surface area contributed by atoms with Crippen LogP contribution in [0.2, 0.25) is 0 Å². The van der Waals surface area contributed by atoms with Crippen LogP contribution in [-0.2, 0) is 0 Å². The molecular weight excluding hydrogens is 200 g/mol. The van der Waals surface area contributed by atoms with Crippen LogP contribution in [-0.4, -0.2) is 22.7 Å². The van der Waals surface area contributed by atoms with Gasteiger partial charge in [-0.25, -0.2) is 0 Å². The van der Waals surface area contributed by atoms with Crippen molar-refractivity contribution in [3.63, 3.8) is 0 Å². The van der Waals surface area contributed by atoms with Crippen molar-refractivity contribution < 1.29 is 5.11 Å².